The number of benzene rings is 1. The molecule has 16 heavy (non-hydrogen) atoms. The lowest BCUT2D eigenvalue weighted by Gasteiger charge is -2.15. The highest BCUT2D eigenvalue weighted by atomic mass is 35.5. The molecule has 0 radical (unpaired) electrons. The van der Waals surface area contributed by atoms with Crippen molar-refractivity contribution in [1.29, 1.82) is 0 Å². The molecule has 1 aromatic rings. The molecule has 0 aromatic heterocycles. The summed E-state index contributed by atoms with van der Waals surface area (Å²) in [7, 11) is 1.33. The largest absolute Gasteiger partial charge is 0.473 e. The van der Waals surface area contributed by atoms with Crippen molar-refractivity contribution in [3.63, 3.8) is 0 Å². The van der Waals surface area contributed by atoms with Crippen LogP contribution < -0.4 is 0 Å². The molecule has 5 heteroatoms. The maximum Gasteiger partial charge on any atom is 0.334 e. The van der Waals surface area contributed by atoms with E-state index in [2.05, 4.69) is 9.73 Å². The molecule has 84 valence electrons. The van der Waals surface area contributed by atoms with Gasteiger partial charge < -0.3 is 9.47 Å². The van der Waals surface area contributed by atoms with E-state index in [4.69, 9.17) is 16.3 Å². The number of hydrogen-bond donors (Lipinski definition) is 0. The number of methoxy groups -OCH3 is 1. The van der Waals surface area contributed by atoms with Gasteiger partial charge >= 0.3 is 5.97 Å². The number of ether oxygens (including phenoxy) is 2. The lowest BCUT2D eigenvalue weighted by atomic mass is 10.0. The van der Waals surface area contributed by atoms with Crippen LogP contribution >= 0.6 is 11.6 Å². The molecule has 2 rings (SSSR count). The Hall–Kier alpha value is -1.55. The molecule has 0 N–H and O–H groups in total. The van der Waals surface area contributed by atoms with Crippen LogP contribution in [0.15, 0.2) is 29.3 Å². The maximum atomic E-state index is 11.4. The first-order chi connectivity index (χ1) is 7.72. The first-order valence-corrected chi connectivity index (χ1v) is 5.10. The van der Waals surface area contributed by atoms with Gasteiger partial charge in [0.25, 0.3) is 0 Å². The van der Waals surface area contributed by atoms with E-state index in [1.165, 1.54) is 13.5 Å². The molecular weight excluding hydrogens is 230 g/mol. The quantitative estimate of drug-likeness (QED) is 0.742. The van der Waals surface area contributed by atoms with Crippen molar-refractivity contribution < 1.29 is 14.3 Å². The van der Waals surface area contributed by atoms with Crippen LogP contribution in [-0.2, 0) is 14.3 Å². The first kappa shape index (κ1) is 11.0. The van der Waals surface area contributed by atoms with Crippen LogP contribution in [0.4, 0.5) is 0 Å². The van der Waals surface area contributed by atoms with Gasteiger partial charge in [-0.05, 0) is 17.7 Å². The zero-order chi connectivity index (χ0) is 11.5. The Kier molecular flexibility index (Phi) is 3.10. The molecule has 0 aliphatic carbocycles. The fraction of sp³-hybridized carbons (Fsp3) is 0.273. The van der Waals surface area contributed by atoms with Crippen molar-refractivity contribution in [2.75, 3.05) is 7.11 Å². The fourth-order valence-corrected chi connectivity index (χ4v) is 1.66. The molecule has 1 aliphatic heterocycles. The summed E-state index contributed by atoms with van der Waals surface area (Å²) in [4.78, 5) is 15.4. The van der Waals surface area contributed by atoms with E-state index >= 15 is 0 Å². The third-order valence-corrected chi connectivity index (χ3v) is 2.61. The minimum Gasteiger partial charge on any atom is -0.473 e. The number of rotatable bonds is 2. The Balaban J connectivity index is 2.21. The van der Waals surface area contributed by atoms with Crippen molar-refractivity contribution in [2.24, 2.45) is 4.99 Å². The van der Waals surface area contributed by atoms with E-state index in [-0.39, 0.29) is 0 Å². The molecule has 0 unspecified atom stereocenters. The van der Waals surface area contributed by atoms with Gasteiger partial charge in [-0.2, -0.15) is 0 Å². The van der Waals surface area contributed by atoms with E-state index in [0.29, 0.717) is 5.02 Å². The third-order valence-electron chi connectivity index (χ3n) is 2.36. The highest BCUT2D eigenvalue weighted by Crippen LogP contribution is 2.28. The summed E-state index contributed by atoms with van der Waals surface area (Å²) in [6.45, 7) is 0. The molecule has 0 amide bonds. The predicted molar refractivity (Wildman–Crippen MR) is 59.6 cm³/mol. The number of aliphatic imine (C=N–C) groups is 1. The van der Waals surface area contributed by atoms with Gasteiger partial charge in [0.05, 0.1) is 7.11 Å². The van der Waals surface area contributed by atoms with Gasteiger partial charge in [-0.25, -0.2) is 9.79 Å². The zero-order valence-electron chi connectivity index (χ0n) is 8.59. The maximum absolute atomic E-state index is 11.4. The SMILES string of the molecule is COC(=O)[C@@H]1N=CO[C@H]1c1ccc(Cl)cc1. The zero-order valence-corrected chi connectivity index (χ0v) is 9.35. The summed E-state index contributed by atoms with van der Waals surface area (Å²) in [5, 5.41) is 0.636. The van der Waals surface area contributed by atoms with Crippen LogP contribution in [0.1, 0.15) is 11.7 Å². The van der Waals surface area contributed by atoms with Gasteiger partial charge in [-0.1, -0.05) is 23.7 Å². The third kappa shape index (κ3) is 2.02. The summed E-state index contributed by atoms with van der Waals surface area (Å²) in [6, 6.07) is 6.46. The van der Waals surface area contributed by atoms with Gasteiger partial charge in [0.1, 0.15) is 0 Å². The number of halogens is 1. The normalized spacial score (nSPS) is 22.9. The monoisotopic (exact) mass is 239 g/mol. The van der Waals surface area contributed by atoms with Crippen LogP contribution in [0.25, 0.3) is 0 Å². The Labute approximate surface area is 97.8 Å². The topological polar surface area (TPSA) is 47.9 Å². The Bertz CT molecular complexity index is 416. The molecule has 4 nitrogen and oxygen atoms in total. The Morgan fingerprint density at radius 3 is 2.75 bits per heavy atom. The summed E-state index contributed by atoms with van der Waals surface area (Å²) in [5.41, 5.74) is 0.845. The first-order valence-electron chi connectivity index (χ1n) is 4.73. The van der Waals surface area contributed by atoms with Crippen LogP contribution in [0, 0.1) is 0 Å². The van der Waals surface area contributed by atoms with Crippen LogP contribution in [0.2, 0.25) is 5.02 Å². The standard InChI is InChI=1S/C11H10ClNO3/c1-15-11(14)9-10(16-6-13-9)7-2-4-8(12)5-3-7/h2-6,9-10H,1H3/t9-,10+/m1/s1. The smallest absolute Gasteiger partial charge is 0.334 e. The van der Waals surface area contributed by atoms with Crippen molar-refractivity contribution in [1.82, 2.24) is 0 Å². The highest BCUT2D eigenvalue weighted by Gasteiger charge is 2.34. The van der Waals surface area contributed by atoms with E-state index in [1.807, 2.05) is 0 Å². The minimum atomic E-state index is -0.633. The molecular formula is C11H10ClNO3. The van der Waals surface area contributed by atoms with E-state index in [0.717, 1.165) is 5.56 Å². The van der Waals surface area contributed by atoms with Crippen molar-refractivity contribution >= 4 is 24.0 Å². The average molecular weight is 240 g/mol. The highest BCUT2D eigenvalue weighted by molar-refractivity contribution is 6.30. The van der Waals surface area contributed by atoms with Crippen molar-refractivity contribution in [3.05, 3.63) is 34.9 Å². The van der Waals surface area contributed by atoms with Gasteiger partial charge in [0.15, 0.2) is 18.5 Å². The Morgan fingerprint density at radius 2 is 2.12 bits per heavy atom. The van der Waals surface area contributed by atoms with E-state index < -0.39 is 18.1 Å². The second kappa shape index (κ2) is 4.53. The molecule has 0 bridgehead atoms. The van der Waals surface area contributed by atoms with E-state index in [9.17, 15) is 4.79 Å². The molecule has 0 saturated carbocycles. The van der Waals surface area contributed by atoms with Crippen LogP contribution in [0.3, 0.4) is 0 Å². The molecule has 1 aromatic carbocycles. The summed E-state index contributed by atoms with van der Waals surface area (Å²) in [5.74, 6) is -0.409. The van der Waals surface area contributed by atoms with Gasteiger partial charge in [0.2, 0.25) is 0 Å². The number of carbonyl (C=O) groups excluding carboxylic acids is 1. The fourth-order valence-electron chi connectivity index (χ4n) is 1.54. The number of esters is 1. The number of hydrogen-bond acceptors (Lipinski definition) is 4. The molecule has 0 saturated heterocycles. The van der Waals surface area contributed by atoms with Crippen LogP contribution in [0.5, 0.6) is 0 Å². The summed E-state index contributed by atoms with van der Waals surface area (Å²) >= 11 is 5.78. The molecule has 2 atom stereocenters. The second-order valence-corrected chi connectivity index (χ2v) is 3.77. The van der Waals surface area contributed by atoms with Crippen LogP contribution in [-0.4, -0.2) is 25.5 Å². The van der Waals surface area contributed by atoms with E-state index in [1.54, 1.807) is 24.3 Å². The molecule has 1 aliphatic rings. The second-order valence-electron chi connectivity index (χ2n) is 3.33. The van der Waals surface area contributed by atoms with Crippen molar-refractivity contribution in [3.8, 4) is 0 Å². The average Bonchev–Trinajstić information content (AvgIpc) is 2.78. The summed E-state index contributed by atoms with van der Waals surface area (Å²) in [6.07, 6.45) is 0.852. The number of carbonyl (C=O) groups is 1. The van der Waals surface area contributed by atoms with Gasteiger partial charge in [0, 0.05) is 5.02 Å². The molecule has 1 heterocycles. The molecule has 0 fully saturated rings. The number of nitrogens with zero attached hydrogens (tertiary/aromatic N) is 1. The summed E-state index contributed by atoms with van der Waals surface area (Å²) < 4.78 is 9.93. The van der Waals surface area contributed by atoms with Gasteiger partial charge in [-0.3, -0.25) is 0 Å². The lowest BCUT2D eigenvalue weighted by molar-refractivity contribution is -0.143. The molecule has 0 spiro atoms. The van der Waals surface area contributed by atoms with Crippen molar-refractivity contribution in [2.45, 2.75) is 12.1 Å². The predicted octanol–water partition coefficient (Wildman–Crippen LogP) is 1.98. The Morgan fingerprint density at radius 1 is 1.44 bits per heavy atom. The minimum absolute atomic E-state index is 0.409. The van der Waals surface area contributed by atoms with Gasteiger partial charge in [-0.15, -0.1) is 0 Å². The lowest BCUT2D eigenvalue weighted by Crippen LogP contribution is -2.25.